The van der Waals surface area contributed by atoms with Crippen LogP contribution < -0.4 is 10.6 Å². The smallest absolute Gasteiger partial charge is 0.133 e. The van der Waals surface area contributed by atoms with E-state index in [9.17, 15) is 0 Å². The van der Waals surface area contributed by atoms with Crippen molar-refractivity contribution in [2.75, 3.05) is 18.4 Å². The third kappa shape index (κ3) is 2.50. The fourth-order valence-corrected chi connectivity index (χ4v) is 2.22. The summed E-state index contributed by atoms with van der Waals surface area (Å²) in [6.45, 7) is 6.37. The number of piperidine rings is 1. The second-order valence-corrected chi connectivity index (χ2v) is 4.33. The molecule has 0 bridgehead atoms. The van der Waals surface area contributed by atoms with Crippen LogP contribution in [-0.2, 0) is 6.42 Å². The quantitative estimate of drug-likeness (QED) is 0.810. The van der Waals surface area contributed by atoms with Crippen LogP contribution in [0, 0.1) is 6.92 Å². The van der Waals surface area contributed by atoms with E-state index in [2.05, 4.69) is 27.5 Å². The van der Waals surface area contributed by atoms with Crippen LogP contribution in [0.1, 0.15) is 31.0 Å². The van der Waals surface area contributed by atoms with Gasteiger partial charge in [0.1, 0.15) is 12.1 Å². The Labute approximate surface area is 96.9 Å². The molecule has 0 aliphatic carbocycles. The zero-order valence-corrected chi connectivity index (χ0v) is 10.1. The normalized spacial score (nSPS) is 20.8. The first-order valence-corrected chi connectivity index (χ1v) is 6.09. The van der Waals surface area contributed by atoms with Crippen LogP contribution in [0.3, 0.4) is 0 Å². The van der Waals surface area contributed by atoms with Crippen molar-refractivity contribution in [2.24, 2.45) is 0 Å². The maximum Gasteiger partial charge on any atom is 0.133 e. The molecule has 0 aromatic carbocycles. The minimum Gasteiger partial charge on any atom is -0.366 e. The Morgan fingerprint density at radius 2 is 2.38 bits per heavy atom. The minimum atomic E-state index is 0.508. The van der Waals surface area contributed by atoms with E-state index in [-0.39, 0.29) is 0 Å². The number of rotatable bonds is 3. The lowest BCUT2D eigenvalue weighted by atomic mass is 10.1. The topological polar surface area (TPSA) is 49.8 Å². The first-order chi connectivity index (χ1) is 7.81. The standard InChI is InChI=1S/C12H20N4/c1-3-11-9(2)14-8-15-12(11)16-10-5-4-6-13-7-10/h8,10,13H,3-7H2,1-2H3,(H,14,15,16). The highest BCUT2D eigenvalue weighted by atomic mass is 15.1. The fourth-order valence-electron chi connectivity index (χ4n) is 2.22. The number of anilines is 1. The van der Waals surface area contributed by atoms with E-state index < -0.39 is 0 Å². The molecule has 88 valence electrons. The summed E-state index contributed by atoms with van der Waals surface area (Å²) in [5.74, 6) is 1.02. The number of aryl methyl sites for hydroxylation is 1. The fraction of sp³-hybridized carbons (Fsp3) is 0.667. The average Bonchev–Trinajstić information content (AvgIpc) is 2.31. The molecule has 1 aromatic rings. The third-order valence-electron chi connectivity index (χ3n) is 3.15. The highest BCUT2D eigenvalue weighted by Gasteiger charge is 2.15. The van der Waals surface area contributed by atoms with E-state index in [1.54, 1.807) is 6.33 Å². The van der Waals surface area contributed by atoms with Crippen molar-refractivity contribution in [1.82, 2.24) is 15.3 Å². The van der Waals surface area contributed by atoms with Crippen molar-refractivity contribution in [1.29, 1.82) is 0 Å². The minimum absolute atomic E-state index is 0.508. The lowest BCUT2D eigenvalue weighted by Crippen LogP contribution is -2.38. The van der Waals surface area contributed by atoms with E-state index >= 15 is 0 Å². The predicted octanol–water partition coefficient (Wildman–Crippen LogP) is 1.51. The molecule has 2 rings (SSSR count). The van der Waals surface area contributed by atoms with Crippen molar-refractivity contribution in [3.05, 3.63) is 17.6 Å². The Balaban J connectivity index is 2.10. The molecule has 0 radical (unpaired) electrons. The van der Waals surface area contributed by atoms with E-state index in [1.165, 1.54) is 18.4 Å². The summed E-state index contributed by atoms with van der Waals surface area (Å²) in [7, 11) is 0. The van der Waals surface area contributed by atoms with Gasteiger partial charge in [0, 0.05) is 23.8 Å². The van der Waals surface area contributed by atoms with Gasteiger partial charge in [-0.25, -0.2) is 9.97 Å². The van der Waals surface area contributed by atoms with E-state index in [0.717, 1.165) is 31.0 Å². The number of nitrogens with zero attached hydrogens (tertiary/aromatic N) is 2. The largest absolute Gasteiger partial charge is 0.366 e. The molecule has 1 aromatic heterocycles. The number of nitrogens with one attached hydrogen (secondary N) is 2. The van der Waals surface area contributed by atoms with Gasteiger partial charge in [0.25, 0.3) is 0 Å². The molecule has 0 amide bonds. The highest BCUT2D eigenvalue weighted by molar-refractivity contribution is 5.46. The molecule has 4 nitrogen and oxygen atoms in total. The molecule has 0 spiro atoms. The Morgan fingerprint density at radius 3 is 3.06 bits per heavy atom. The van der Waals surface area contributed by atoms with E-state index in [0.29, 0.717) is 6.04 Å². The van der Waals surface area contributed by atoms with Crippen LogP contribution in [0.4, 0.5) is 5.82 Å². The van der Waals surface area contributed by atoms with Crippen LogP contribution in [0.15, 0.2) is 6.33 Å². The maximum atomic E-state index is 4.35. The maximum absolute atomic E-state index is 4.35. The molecule has 1 unspecified atom stereocenters. The van der Waals surface area contributed by atoms with Gasteiger partial charge in [-0.05, 0) is 32.7 Å². The molecule has 1 fully saturated rings. The van der Waals surface area contributed by atoms with Gasteiger partial charge in [0.2, 0.25) is 0 Å². The van der Waals surface area contributed by atoms with Gasteiger partial charge in [-0.15, -0.1) is 0 Å². The first-order valence-electron chi connectivity index (χ1n) is 6.09. The molecule has 1 saturated heterocycles. The van der Waals surface area contributed by atoms with Crippen molar-refractivity contribution < 1.29 is 0 Å². The predicted molar refractivity (Wildman–Crippen MR) is 65.7 cm³/mol. The van der Waals surface area contributed by atoms with Crippen LogP contribution in [0.5, 0.6) is 0 Å². The summed E-state index contributed by atoms with van der Waals surface area (Å²) >= 11 is 0. The van der Waals surface area contributed by atoms with Gasteiger partial charge in [0.15, 0.2) is 0 Å². The number of aromatic nitrogens is 2. The summed E-state index contributed by atoms with van der Waals surface area (Å²) in [5.41, 5.74) is 2.33. The second kappa shape index (κ2) is 5.25. The monoisotopic (exact) mass is 220 g/mol. The van der Waals surface area contributed by atoms with Crippen LogP contribution >= 0.6 is 0 Å². The van der Waals surface area contributed by atoms with Gasteiger partial charge < -0.3 is 10.6 Å². The van der Waals surface area contributed by atoms with Gasteiger partial charge in [-0.3, -0.25) is 0 Å². The lowest BCUT2D eigenvalue weighted by molar-refractivity contribution is 0.478. The lowest BCUT2D eigenvalue weighted by Gasteiger charge is -2.25. The van der Waals surface area contributed by atoms with Crippen molar-refractivity contribution >= 4 is 5.82 Å². The van der Waals surface area contributed by atoms with E-state index in [4.69, 9.17) is 0 Å². The Kier molecular flexibility index (Phi) is 3.72. The van der Waals surface area contributed by atoms with Crippen LogP contribution in [0.2, 0.25) is 0 Å². The first kappa shape index (κ1) is 11.3. The molecule has 2 N–H and O–H groups in total. The summed E-state index contributed by atoms with van der Waals surface area (Å²) in [5, 5.41) is 6.93. The summed E-state index contributed by atoms with van der Waals surface area (Å²) in [6, 6.07) is 0.508. The van der Waals surface area contributed by atoms with Gasteiger partial charge >= 0.3 is 0 Å². The third-order valence-corrected chi connectivity index (χ3v) is 3.15. The van der Waals surface area contributed by atoms with Gasteiger partial charge in [-0.2, -0.15) is 0 Å². The molecule has 0 saturated carbocycles. The SMILES string of the molecule is CCc1c(C)ncnc1NC1CCCNC1. The molecule has 1 atom stereocenters. The highest BCUT2D eigenvalue weighted by Crippen LogP contribution is 2.17. The summed E-state index contributed by atoms with van der Waals surface area (Å²) < 4.78 is 0. The number of hydrogen-bond donors (Lipinski definition) is 2. The molecule has 2 heterocycles. The molecule has 1 aliphatic heterocycles. The average molecular weight is 220 g/mol. The number of hydrogen-bond acceptors (Lipinski definition) is 4. The van der Waals surface area contributed by atoms with Crippen molar-refractivity contribution in [2.45, 2.75) is 39.2 Å². The van der Waals surface area contributed by atoms with E-state index in [1.807, 2.05) is 6.92 Å². The molecular formula is C12H20N4. The molecule has 1 aliphatic rings. The van der Waals surface area contributed by atoms with Crippen molar-refractivity contribution in [3.8, 4) is 0 Å². The van der Waals surface area contributed by atoms with Crippen molar-refractivity contribution in [3.63, 3.8) is 0 Å². The second-order valence-electron chi connectivity index (χ2n) is 4.33. The Hall–Kier alpha value is -1.16. The van der Waals surface area contributed by atoms with Gasteiger partial charge in [0.05, 0.1) is 0 Å². The molecule has 4 heteroatoms. The van der Waals surface area contributed by atoms with Crippen LogP contribution in [0.25, 0.3) is 0 Å². The Morgan fingerprint density at radius 1 is 1.50 bits per heavy atom. The Bertz CT molecular complexity index is 345. The zero-order chi connectivity index (χ0) is 11.4. The summed E-state index contributed by atoms with van der Waals surface area (Å²) in [4.78, 5) is 8.59. The summed E-state index contributed by atoms with van der Waals surface area (Å²) in [6.07, 6.45) is 5.09. The zero-order valence-electron chi connectivity index (χ0n) is 10.1. The molecular weight excluding hydrogens is 200 g/mol. The van der Waals surface area contributed by atoms with Gasteiger partial charge in [-0.1, -0.05) is 6.92 Å². The molecule has 16 heavy (non-hydrogen) atoms. The van der Waals surface area contributed by atoms with Crippen LogP contribution in [-0.4, -0.2) is 29.1 Å².